The Hall–Kier alpha value is -2.32. The molecule has 0 atom stereocenters. The van der Waals surface area contributed by atoms with E-state index >= 15 is 0 Å². The average Bonchev–Trinajstić information content (AvgIpc) is 3.33. The molecule has 1 fully saturated rings. The molecule has 0 radical (unpaired) electrons. The van der Waals surface area contributed by atoms with Crippen molar-refractivity contribution in [1.29, 1.82) is 0 Å². The maximum atomic E-state index is 12.4. The molecule has 1 aliphatic carbocycles. The summed E-state index contributed by atoms with van der Waals surface area (Å²) >= 11 is 4.67. The molecule has 1 heterocycles. The number of rotatable bonds is 7. The summed E-state index contributed by atoms with van der Waals surface area (Å²) in [5, 5.41) is 11.6. The lowest BCUT2D eigenvalue weighted by molar-refractivity contribution is -0.119. The van der Waals surface area contributed by atoms with Crippen molar-refractivity contribution >= 4 is 33.6 Å². The quantitative estimate of drug-likeness (QED) is 0.527. The van der Waals surface area contributed by atoms with Gasteiger partial charge < -0.3 is 14.5 Å². The van der Waals surface area contributed by atoms with E-state index in [1.165, 1.54) is 11.8 Å². The number of carbonyl (C=O) groups excluding carboxylic acids is 1. The van der Waals surface area contributed by atoms with Gasteiger partial charge in [0.25, 0.3) is 5.22 Å². The molecule has 0 spiro atoms. The molecule has 1 amide bonds. The monoisotopic (exact) mass is 459 g/mol. The third kappa shape index (κ3) is 4.23. The van der Waals surface area contributed by atoms with Gasteiger partial charge >= 0.3 is 0 Å². The number of carbonyl (C=O) groups is 1. The van der Waals surface area contributed by atoms with Crippen molar-refractivity contribution in [2.45, 2.75) is 23.6 Å². The van der Waals surface area contributed by atoms with Crippen molar-refractivity contribution < 1.29 is 13.9 Å². The van der Waals surface area contributed by atoms with E-state index < -0.39 is 0 Å². The molecule has 0 saturated heterocycles. The fraction of sp³-hybridized carbons (Fsp3) is 0.250. The van der Waals surface area contributed by atoms with Crippen LogP contribution in [0.15, 0.2) is 62.6 Å². The SMILES string of the molecule is COc1ccc(-c2nnc(SCC(=O)NC3(c4ccc(Br)cc4)CC3)o2)cc1. The molecule has 0 unspecified atom stereocenters. The number of hydrogen-bond acceptors (Lipinski definition) is 6. The van der Waals surface area contributed by atoms with Gasteiger partial charge in [-0.2, -0.15) is 0 Å². The van der Waals surface area contributed by atoms with E-state index in [1.54, 1.807) is 7.11 Å². The van der Waals surface area contributed by atoms with Crippen LogP contribution in [0, 0.1) is 0 Å². The van der Waals surface area contributed by atoms with E-state index in [2.05, 4.69) is 31.4 Å². The Morgan fingerprint density at radius 3 is 2.54 bits per heavy atom. The molecule has 6 nitrogen and oxygen atoms in total. The summed E-state index contributed by atoms with van der Waals surface area (Å²) in [6, 6.07) is 15.4. The zero-order chi connectivity index (χ0) is 19.6. The van der Waals surface area contributed by atoms with Crippen molar-refractivity contribution in [2.24, 2.45) is 0 Å². The lowest BCUT2D eigenvalue weighted by atomic mass is 10.1. The van der Waals surface area contributed by atoms with E-state index in [9.17, 15) is 4.79 Å². The van der Waals surface area contributed by atoms with Gasteiger partial charge in [0.1, 0.15) is 5.75 Å². The van der Waals surface area contributed by atoms with Crippen LogP contribution < -0.4 is 10.1 Å². The molecule has 4 rings (SSSR count). The van der Waals surface area contributed by atoms with Crippen molar-refractivity contribution in [3.8, 4) is 17.2 Å². The van der Waals surface area contributed by atoms with E-state index in [0.29, 0.717) is 11.1 Å². The number of methoxy groups -OCH3 is 1. The van der Waals surface area contributed by atoms with E-state index in [-0.39, 0.29) is 17.2 Å². The highest BCUT2D eigenvalue weighted by molar-refractivity contribution is 9.10. The summed E-state index contributed by atoms with van der Waals surface area (Å²) in [5.74, 6) is 1.35. The standard InChI is InChI=1S/C20H18BrN3O3S/c1-26-16-8-2-13(3-9-16)18-23-24-19(27-18)28-12-17(25)22-20(10-11-20)14-4-6-15(21)7-5-14/h2-9H,10-12H2,1H3,(H,22,25). The van der Waals surface area contributed by atoms with Gasteiger partial charge in [-0.1, -0.05) is 39.8 Å². The second-order valence-corrected chi connectivity index (χ2v) is 8.37. The smallest absolute Gasteiger partial charge is 0.277 e. The fourth-order valence-corrected chi connectivity index (χ4v) is 3.76. The molecule has 1 saturated carbocycles. The molecule has 0 aliphatic heterocycles. The van der Waals surface area contributed by atoms with Crippen LogP contribution in [0.2, 0.25) is 0 Å². The highest BCUT2D eigenvalue weighted by atomic mass is 79.9. The molecular weight excluding hydrogens is 442 g/mol. The number of hydrogen-bond donors (Lipinski definition) is 1. The molecule has 28 heavy (non-hydrogen) atoms. The van der Waals surface area contributed by atoms with Gasteiger partial charge in [-0.15, -0.1) is 10.2 Å². The number of thioether (sulfide) groups is 1. The van der Waals surface area contributed by atoms with Crippen LogP contribution in [0.1, 0.15) is 18.4 Å². The molecule has 1 N–H and O–H groups in total. The molecule has 8 heteroatoms. The number of aromatic nitrogens is 2. The Labute approximate surface area is 175 Å². The lowest BCUT2D eigenvalue weighted by Crippen LogP contribution is -2.36. The summed E-state index contributed by atoms with van der Waals surface area (Å²) < 4.78 is 11.8. The number of amides is 1. The summed E-state index contributed by atoms with van der Waals surface area (Å²) in [7, 11) is 1.62. The number of benzene rings is 2. The van der Waals surface area contributed by atoms with Crippen LogP contribution in [-0.2, 0) is 10.3 Å². The molecule has 0 bridgehead atoms. The van der Waals surface area contributed by atoms with E-state index in [4.69, 9.17) is 9.15 Å². The first kappa shape index (κ1) is 19.0. The summed E-state index contributed by atoms with van der Waals surface area (Å²) in [6.07, 6.45) is 1.90. The van der Waals surface area contributed by atoms with Gasteiger partial charge in [0.15, 0.2) is 0 Å². The zero-order valence-electron chi connectivity index (χ0n) is 15.1. The minimum absolute atomic E-state index is 0.0467. The topological polar surface area (TPSA) is 77.2 Å². The van der Waals surface area contributed by atoms with Crippen molar-refractivity contribution in [3.05, 3.63) is 58.6 Å². The van der Waals surface area contributed by atoms with Crippen molar-refractivity contribution in [2.75, 3.05) is 12.9 Å². The molecule has 3 aromatic rings. The van der Waals surface area contributed by atoms with Gasteiger partial charge in [-0.3, -0.25) is 4.79 Å². The van der Waals surface area contributed by atoms with Crippen LogP contribution >= 0.6 is 27.7 Å². The Morgan fingerprint density at radius 2 is 1.89 bits per heavy atom. The molecule has 1 aromatic heterocycles. The number of nitrogens with one attached hydrogen (secondary N) is 1. The third-order valence-electron chi connectivity index (χ3n) is 4.60. The fourth-order valence-electron chi connectivity index (χ4n) is 2.93. The summed E-state index contributed by atoms with van der Waals surface area (Å²) in [6.45, 7) is 0. The highest BCUT2D eigenvalue weighted by Gasteiger charge is 2.45. The Balaban J connectivity index is 1.34. The van der Waals surface area contributed by atoms with E-state index in [1.807, 2.05) is 48.5 Å². The minimum Gasteiger partial charge on any atom is -0.497 e. The number of ether oxygens (including phenoxy) is 1. The summed E-state index contributed by atoms with van der Waals surface area (Å²) in [4.78, 5) is 12.4. The number of nitrogens with zero attached hydrogens (tertiary/aromatic N) is 2. The van der Waals surface area contributed by atoms with Gasteiger partial charge in [0.2, 0.25) is 11.8 Å². The maximum absolute atomic E-state index is 12.4. The zero-order valence-corrected chi connectivity index (χ0v) is 17.5. The van der Waals surface area contributed by atoms with Crippen molar-refractivity contribution in [3.63, 3.8) is 0 Å². The predicted octanol–water partition coefficient (Wildman–Crippen LogP) is 4.41. The van der Waals surface area contributed by atoms with Crippen LogP contribution in [0.25, 0.3) is 11.5 Å². The second-order valence-electron chi connectivity index (χ2n) is 6.53. The van der Waals surface area contributed by atoms with Gasteiger partial charge in [-0.25, -0.2) is 0 Å². The summed E-state index contributed by atoms with van der Waals surface area (Å²) in [5.41, 5.74) is 1.70. The molecule has 2 aromatic carbocycles. The second kappa shape index (κ2) is 7.97. The van der Waals surface area contributed by atoms with Gasteiger partial charge in [-0.05, 0) is 54.8 Å². The molecule has 1 aliphatic rings. The third-order valence-corrected chi connectivity index (χ3v) is 5.94. The van der Waals surface area contributed by atoms with Gasteiger partial charge in [0, 0.05) is 10.0 Å². The predicted molar refractivity (Wildman–Crippen MR) is 110 cm³/mol. The Bertz CT molecular complexity index is 969. The van der Waals surface area contributed by atoms with Gasteiger partial charge in [0.05, 0.1) is 18.4 Å². The van der Waals surface area contributed by atoms with Crippen LogP contribution in [0.3, 0.4) is 0 Å². The van der Waals surface area contributed by atoms with Crippen LogP contribution in [0.5, 0.6) is 5.75 Å². The highest BCUT2D eigenvalue weighted by Crippen LogP contribution is 2.45. The number of halogens is 1. The minimum atomic E-state index is -0.235. The van der Waals surface area contributed by atoms with Crippen LogP contribution in [0.4, 0.5) is 0 Å². The maximum Gasteiger partial charge on any atom is 0.277 e. The first-order valence-electron chi connectivity index (χ1n) is 8.76. The largest absolute Gasteiger partial charge is 0.497 e. The first-order chi connectivity index (χ1) is 13.6. The Kier molecular flexibility index (Phi) is 5.41. The first-order valence-corrected chi connectivity index (χ1v) is 10.5. The normalized spacial score (nSPS) is 14.5. The average molecular weight is 460 g/mol. The lowest BCUT2D eigenvalue weighted by Gasteiger charge is -2.17. The Morgan fingerprint density at radius 1 is 1.18 bits per heavy atom. The van der Waals surface area contributed by atoms with Crippen LogP contribution in [-0.4, -0.2) is 29.0 Å². The van der Waals surface area contributed by atoms with E-state index in [0.717, 1.165) is 34.2 Å². The van der Waals surface area contributed by atoms with Crippen molar-refractivity contribution in [1.82, 2.24) is 15.5 Å². The molecule has 144 valence electrons. The molecular formula is C20H18BrN3O3S.